The molecule has 39 heavy (non-hydrogen) atoms. The molecule has 188 valence electrons. The lowest BCUT2D eigenvalue weighted by Crippen LogP contribution is -2.41. The zero-order valence-electron chi connectivity index (χ0n) is 21.5. The molecule has 1 nitrogen and oxygen atoms in total. The number of hydrogen-bond acceptors (Lipinski definition) is 1. The van der Waals surface area contributed by atoms with Crippen molar-refractivity contribution in [3.8, 4) is 11.1 Å². The number of aromatic nitrogens is 1. The maximum absolute atomic E-state index is 14.3. The molecular weight excluding hydrogens is 496 g/mol. The fourth-order valence-corrected chi connectivity index (χ4v) is 10.6. The third kappa shape index (κ3) is 4.08. The molecule has 3 heteroatoms. The molecule has 0 spiro atoms. The van der Waals surface area contributed by atoms with Crippen molar-refractivity contribution >= 4 is 39.4 Å². The van der Waals surface area contributed by atoms with Gasteiger partial charge in [0.1, 0.15) is 34.3 Å². The molecule has 0 N–H and O–H groups in total. The summed E-state index contributed by atoms with van der Waals surface area (Å²) >= 11 is 0. The molecule has 0 saturated heterocycles. The molecule has 1 aliphatic carbocycles. The van der Waals surface area contributed by atoms with E-state index in [0.717, 1.165) is 29.3 Å². The lowest BCUT2D eigenvalue weighted by molar-refractivity contribution is 0.628. The van der Waals surface area contributed by atoms with Crippen molar-refractivity contribution in [2.24, 2.45) is 0 Å². The average molecular weight is 525 g/mol. The van der Waals surface area contributed by atoms with Crippen LogP contribution in [0.1, 0.15) is 24.5 Å². The first-order chi connectivity index (χ1) is 19.3. The van der Waals surface area contributed by atoms with Gasteiger partial charge in [-0.15, -0.1) is 0 Å². The van der Waals surface area contributed by atoms with Gasteiger partial charge in [-0.05, 0) is 73.0 Å². The first-order valence-corrected chi connectivity index (χ1v) is 15.3. The molecule has 0 radical (unpaired) electrons. The smallest absolute Gasteiger partial charge is 0.146 e. The highest BCUT2D eigenvalue weighted by molar-refractivity contribution is 8.01. The van der Waals surface area contributed by atoms with Gasteiger partial charge in [0.25, 0.3) is 0 Å². The molecule has 6 aromatic rings. The van der Waals surface area contributed by atoms with Gasteiger partial charge in [0.05, 0.1) is 11.2 Å². The van der Waals surface area contributed by atoms with Gasteiger partial charge in [-0.1, -0.05) is 84.9 Å². The summed E-state index contributed by atoms with van der Waals surface area (Å²) in [6, 6.07) is 48.4. The van der Waals surface area contributed by atoms with Gasteiger partial charge in [0, 0.05) is 16.9 Å². The van der Waals surface area contributed by atoms with Crippen LogP contribution in [0.4, 0.5) is 4.39 Å². The molecule has 0 unspecified atom stereocenters. The normalized spacial score (nSPS) is 13.5. The van der Waals surface area contributed by atoms with Crippen molar-refractivity contribution in [3.05, 3.63) is 151 Å². The summed E-state index contributed by atoms with van der Waals surface area (Å²) in [5.41, 5.74) is 4.39. The minimum absolute atomic E-state index is 0.226. The maximum atomic E-state index is 14.3. The summed E-state index contributed by atoms with van der Waals surface area (Å²) in [5.74, 6) is 0.190. The molecule has 5 aromatic carbocycles. The van der Waals surface area contributed by atoms with E-state index >= 15 is 0 Å². The standard InChI is InChI=1S/C36H28FNP/c37-28-24-22-26(23-25-28)34-32-18-10-11-19-33(32)38-35(27-20-21-27)36(34)39(29-12-4-1-5-13-29,30-14-6-2-7-15-30)31-16-8-3-9-17-31/h1-19,22-25,27H,20-21H2/q+1. The van der Waals surface area contributed by atoms with Crippen LogP contribution in [-0.4, -0.2) is 4.98 Å². The van der Waals surface area contributed by atoms with Crippen LogP contribution < -0.4 is 21.2 Å². The molecule has 0 atom stereocenters. The summed E-state index contributed by atoms with van der Waals surface area (Å²) < 4.78 is 14.3. The quantitative estimate of drug-likeness (QED) is 0.205. The summed E-state index contributed by atoms with van der Waals surface area (Å²) in [7, 11) is -2.43. The lowest BCUT2D eigenvalue weighted by atomic mass is 9.99. The first kappa shape index (κ1) is 23.9. The summed E-state index contributed by atoms with van der Waals surface area (Å²) in [5, 5.41) is 6.30. The number of para-hydroxylation sites is 1. The SMILES string of the molecule is Fc1ccc(-c2c([P+](c3ccccc3)(c3ccccc3)c3ccccc3)c(C3CC3)nc3ccccc23)cc1. The van der Waals surface area contributed by atoms with E-state index in [1.165, 1.54) is 32.5 Å². The number of fused-ring (bicyclic) bond motifs is 1. The van der Waals surface area contributed by atoms with E-state index in [-0.39, 0.29) is 5.82 Å². The van der Waals surface area contributed by atoms with E-state index in [1.54, 1.807) is 12.1 Å². The van der Waals surface area contributed by atoms with Gasteiger partial charge < -0.3 is 0 Å². The van der Waals surface area contributed by atoms with E-state index in [4.69, 9.17) is 4.98 Å². The molecular formula is C36H28FNP+. The van der Waals surface area contributed by atoms with E-state index in [9.17, 15) is 4.39 Å². The molecule has 0 amide bonds. The predicted octanol–water partition coefficient (Wildman–Crippen LogP) is 7.54. The monoisotopic (exact) mass is 524 g/mol. The topological polar surface area (TPSA) is 12.9 Å². The van der Waals surface area contributed by atoms with Crippen molar-refractivity contribution < 1.29 is 4.39 Å². The first-order valence-electron chi connectivity index (χ1n) is 13.5. The number of halogens is 1. The van der Waals surface area contributed by atoms with Crippen LogP contribution in [0.5, 0.6) is 0 Å². The van der Waals surface area contributed by atoms with Gasteiger partial charge in [0.15, 0.2) is 0 Å². The van der Waals surface area contributed by atoms with Crippen LogP contribution in [0, 0.1) is 5.82 Å². The van der Waals surface area contributed by atoms with Crippen LogP contribution >= 0.6 is 7.26 Å². The van der Waals surface area contributed by atoms with Crippen LogP contribution in [0.25, 0.3) is 22.0 Å². The van der Waals surface area contributed by atoms with Crippen molar-refractivity contribution in [1.29, 1.82) is 0 Å². The highest BCUT2D eigenvalue weighted by Crippen LogP contribution is 2.59. The average Bonchev–Trinajstić information content (AvgIpc) is 3.85. The lowest BCUT2D eigenvalue weighted by Gasteiger charge is -2.31. The molecule has 0 bridgehead atoms. The second kappa shape index (κ2) is 9.88. The Balaban J connectivity index is 1.74. The Kier molecular flexibility index (Phi) is 6.06. The minimum Gasteiger partial charge on any atom is -0.248 e. The fourth-order valence-electron chi connectivity index (χ4n) is 5.90. The van der Waals surface area contributed by atoms with Gasteiger partial charge in [-0.25, -0.2) is 9.37 Å². The molecule has 1 aliphatic rings. The van der Waals surface area contributed by atoms with E-state index in [0.29, 0.717) is 5.92 Å². The molecule has 7 rings (SSSR count). The van der Waals surface area contributed by atoms with Crippen LogP contribution in [-0.2, 0) is 0 Å². The summed E-state index contributed by atoms with van der Waals surface area (Å²) in [4.78, 5) is 5.44. The van der Waals surface area contributed by atoms with Crippen LogP contribution in [0.2, 0.25) is 0 Å². The van der Waals surface area contributed by atoms with Crippen LogP contribution in [0.15, 0.2) is 140 Å². The molecule has 0 aliphatic heterocycles. The highest BCUT2D eigenvalue weighted by Gasteiger charge is 2.53. The minimum atomic E-state index is -2.43. The summed E-state index contributed by atoms with van der Waals surface area (Å²) in [6.45, 7) is 0. The Labute approximate surface area is 229 Å². The predicted molar refractivity (Wildman–Crippen MR) is 164 cm³/mol. The van der Waals surface area contributed by atoms with Gasteiger partial charge in [0.2, 0.25) is 0 Å². The number of hydrogen-bond donors (Lipinski definition) is 0. The second-order valence-corrected chi connectivity index (χ2v) is 13.5. The van der Waals surface area contributed by atoms with Gasteiger partial charge in [-0.2, -0.15) is 0 Å². The Morgan fingerprint density at radius 2 is 1.05 bits per heavy atom. The number of nitrogens with zero attached hydrogens (tertiary/aromatic N) is 1. The van der Waals surface area contributed by atoms with E-state index in [2.05, 4.69) is 115 Å². The fraction of sp³-hybridized carbons (Fsp3) is 0.0833. The van der Waals surface area contributed by atoms with Crippen molar-refractivity contribution in [1.82, 2.24) is 4.98 Å². The van der Waals surface area contributed by atoms with Gasteiger partial charge in [-0.3, -0.25) is 0 Å². The number of pyridine rings is 1. The van der Waals surface area contributed by atoms with E-state index < -0.39 is 7.26 Å². The van der Waals surface area contributed by atoms with Crippen molar-refractivity contribution in [2.75, 3.05) is 0 Å². The summed E-state index contributed by atoms with van der Waals surface area (Å²) in [6.07, 6.45) is 2.28. The van der Waals surface area contributed by atoms with E-state index in [1.807, 2.05) is 12.1 Å². The zero-order chi connectivity index (χ0) is 26.2. The third-order valence-corrected chi connectivity index (χ3v) is 12.1. The van der Waals surface area contributed by atoms with Crippen molar-refractivity contribution in [3.63, 3.8) is 0 Å². The Morgan fingerprint density at radius 3 is 1.56 bits per heavy atom. The molecule has 1 aromatic heterocycles. The number of rotatable bonds is 6. The highest BCUT2D eigenvalue weighted by atomic mass is 31.2. The number of benzene rings is 5. The largest absolute Gasteiger partial charge is 0.248 e. The molecule has 1 fully saturated rings. The molecule has 1 saturated carbocycles. The van der Waals surface area contributed by atoms with Crippen LogP contribution in [0.3, 0.4) is 0 Å². The second-order valence-electron chi connectivity index (χ2n) is 10.2. The van der Waals surface area contributed by atoms with Crippen molar-refractivity contribution in [2.45, 2.75) is 18.8 Å². The Morgan fingerprint density at radius 1 is 0.564 bits per heavy atom. The Hall–Kier alpha value is -4.13. The van der Waals surface area contributed by atoms with Gasteiger partial charge >= 0.3 is 0 Å². The molecule has 1 heterocycles. The zero-order valence-corrected chi connectivity index (χ0v) is 22.4. The third-order valence-electron chi connectivity index (χ3n) is 7.76. The maximum Gasteiger partial charge on any atom is 0.146 e. The Bertz CT molecular complexity index is 1650.